The fourth-order valence-corrected chi connectivity index (χ4v) is 4.96. The van der Waals surface area contributed by atoms with Crippen molar-refractivity contribution in [2.75, 3.05) is 27.0 Å². The minimum Gasteiger partial charge on any atom is -0.438 e. The van der Waals surface area contributed by atoms with Crippen molar-refractivity contribution in [2.45, 2.75) is 24.0 Å². The summed E-state index contributed by atoms with van der Waals surface area (Å²) >= 11 is 0. The normalized spacial score (nSPS) is 18.8. The maximum Gasteiger partial charge on any atom is 0.297 e. The molecule has 1 saturated carbocycles. The lowest BCUT2D eigenvalue weighted by Crippen LogP contribution is -2.39. The number of rotatable bonds is 8. The summed E-state index contributed by atoms with van der Waals surface area (Å²) in [5.74, 6) is -1.29. The molecule has 9 nitrogen and oxygen atoms in total. The van der Waals surface area contributed by atoms with E-state index in [4.69, 9.17) is 9.15 Å². The largest absolute Gasteiger partial charge is 0.438 e. The van der Waals surface area contributed by atoms with Gasteiger partial charge in [0.05, 0.1) is 6.10 Å². The molecule has 3 rings (SSSR count). The van der Waals surface area contributed by atoms with Gasteiger partial charge >= 0.3 is 0 Å². The third-order valence-corrected chi connectivity index (χ3v) is 7.83. The molecule has 0 radical (unpaired) electrons. The Balaban J connectivity index is 1.63. The zero-order valence-corrected chi connectivity index (χ0v) is 19.2. The number of carbonyl (C=O) groups is 2. The monoisotopic (exact) mass is 468 g/mol. The van der Waals surface area contributed by atoms with Crippen LogP contribution in [0.4, 0.5) is 0 Å². The summed E-state index contributed by atoms with van der Waals surface area (Å²) in [5.41, 5.74) is 0.0457. The van der Waals surface area contributed by atoms with Crippen LogP contribution in [0.3, 0.4) is 0 Å². The second-order valence-corrected chi connectivity index (χ2v) is 12.7. The summed E-state index contributed by atoms with van der Waals surface area (Å²) < 4.78 is 49.5. The highest BCUT2D eigenvalue weighted by Gasteiger charge is 2.30. The number of hydrogen-bond acceptors (Lipinski definition) is 7. The predicted octanol–water partition coefficient (Wildman–Crippen LogP) is 1.80. The molecule has 1 fully saturated rings. The molecule has 11 heteroatoms. The first-order valence-corrected chi connectivity index (χ1v) is 13.7. The van der Waals surface area contributed by atoms with Gasteiger partial charge < -0.3 is 19.0 Å². The molecule has 1 aliphatic carbocycles. The van der Waals surface area contributed by atoms with Crippen LogP contribution < -0.4 is 15.3 Å². The van der Waals surface area contributed by atoms with Crippen LogP contribution in [-0.4, -0.2) is 53.3 Å². The molecule has 2 amide bonds. The van der Waals surface area contributed by atoms with E-state index in [-0.39, 0.29) is 17.4 Å². The third-order valence-electron chi connectivity index (χ3n) is 5.10. The van der Waals surface area contributed by atoms with Gasteiger partial charge in [-0.25, -0.2) is 4.72 Å². The van der Waals surface area contributed by atoms with Crippen LogP contribution in [-0.2, 0) is 19.3 Å². The van der Waals surface area contributed by atoms with Gasteiger partial charge in [0.15, 0.2) is 5.76 Å². The number of furan rings is 1. The van der Waals surface area contributed by atoms with Crippen molar-refractivity contribution < 1.29 is 31.7 Å². The number of ether oxygens (including phenoxy) is 1. The number of sulfonamides is 1. The molecule has 0 aliphatic heterocycles. The molecule has 31 heavy (non-hydrogen) atoms. The Labute approximate surface area is 181 Å². The van der Waals surface area contributed by atoms with E-state index in [1.165, 1.54) is 24.3 Å². The van der Waals surface area contributed by atoms with E-state index < -0.39 is 34.1 Å². The Morgan fingerprint density at radius 2 is 1.87 bits per heavy atom. The van der Waals surface area contributed by atoms with Crippen LogP contribution in [0, 0.1) is 5.92 Å². The Morgan fingerprint density at radius 3 is 2.52 bits per heavy atom. The average molecular weight is 468 g/mol. The van der Waals surface area contributed by atoms with Crippen molar-refractivity contribution in [3.8, 4) is 0 Å². The van der Waals surface area contributed by atoms with E-state index in [0.29, 0.717) is 17.8 Å². The SMILES string of the molecule is COC1CC(CNC(=O)c2ccc(S(=O)(=O)NC(=O)c3cccc(P(C)(C)=O)c3)o2)C1. The molecule has 1 aliphatic rings. The number of hydrogen-bond donors (Lipinski definition) is 2. The van der Waals surface area contributed by atoms with Crippen LogP contribution in [0.5, 0.6) is 0 Å². The number of nitrogens with one attached hydrogen (secondary N) is 2. The topological polar surface area (TPSA) is 132 Å². The predicted molar refractivity (Wildman–Crippen MR) is 115 cm³/mol. The lowest BCUT2D eigenvalue weighted by atomic mass is 9.82. The second-order valence-electron chi connectivity index (χ2n) is 7.86. The van der Waals surface area contributed by atoms with Gasteiger partial charge in [-0.3, -0.25) is 9.59 Å². The summed E-state index contributed by atoms with van der Waals surface area (Å²) in [5, 5.41) is 2.60. The van der Waals surface area contributed by atoms with Gasteiger partial charge in [-0.15, -0.1) is 0 Å². The smallest absolute Gasteiger partial charge is 0.297 e. The number of methoxy groups -OCH3 is 1. The number of carbonyl (C=O) groups excluding carboxylic acids is 2. The maximum atomic E-state index is 12.5. The molecule has 1 aromatic heterocycles. The van der Waals surface area contributed by atoms with Crippen LogP contribution in [0.15, 0.2) is 45.9 Å². The Kier molecular flexibility index (Phi) is 6.73. The van der Waals surface area contributed by atoms with Crippen LogP contribution in [0.2, 0.25) is 0 Å². The maximum absolute atomic E-state index is 12.5. The average Bonchev–Trinajstić information content (AvgIpc) is 3.17. The second kappa shape index (κ2) is 8.98. The molecule has 1 heterocycles. The highest BCUT2D eigenvalue weighted by Crippen LogP contribution is 2.34. The lowest BCUT2D eigenvalue weighted by molar-refractivity contribution is 0.00170. The van der Waals surface area contributed by atoms with Crippen molar-refractivity contribution in [3.63, 3.8) is 0 Å². The Hall–Kier alpha value is -2.42. The molecule has 1 aromatic carbocycles. The van der Waals surface area contributed by atoms with Gasteiger partial charge in [0.25, 0.3) is 21.8 Å². The van der Waals surface area contributed by atoms with Crippen LogP contribution in [0.1, 0.15) is 33.8 Å². The first kappa shape index (κ1) is 23.2. The number of benzene rings is 1. The van der Waals surface area contributed by atoms with Crippen molar-refractivity contribution in [1.82, 2.24) is 10.0 Å². The summed E-state index contributed by atoms with van der Waals surface area (Å²) in [6.45, 7) is 3.54. The fraction of sp³-hybridized carbons (Fsp3) is 0.400. The minimum atomic E-state index is -4.34. The van der Waals surface area contributed by atoms with Crippen molar-refractivity contribution in [3.05, 3.63) is 47.7 Å². The van der Waals surface area contributed by atoms with E-state index in [2.05, 4.69) is 5.32 Å². The lowest BCUT2D eigenvalue weighted by Gasteiger charge is -2.33. The zero-order valence-electron chi connectivity index (χ0n) is 17.5. The van der Waals surface area contributed by atoms with E-state index in [1.54, 1.807) is 26.5 Å². The molecule has 2 aromatic rings. The van der Waals surface area contributed by atoms with E-state index in [9.17, 15) is 22.6 Å². The highest BCUT2D eigenvalue weighted by atomic mass is 32.2. The number of amides is 2. The molecular formula is C20H25N2O7PS. The zero-order chi connectivity index (χ0) is 22.8. The Morgan fingerprint density at radius 1 is 1.16 bits per heavy atom. The van der Waals surface area contributed by atoms with Gasteiger partial charge in [-0.1, -0.05) is 12.1 Å². The van der Waals surface area contributed by atoms with Gasteiger partial charge in [0.1, 0.15) is 7.14 Å². The molecule has 0 unspecified atom stereocenters. The summed E-state index contributed by atoms with van der Waals surface area (Å²) in [6, 6.07) is 8.29. The van der Waals surface area contributed by atoms with E-state index in [1.807, 2.05) is 4.72 Å². The summed E-state index contributed by atoms with van der Waals surface area (Å²) in [4.78, 5) is 24.6. The summed E-state index contributed by atoms with van der Waals surface area (Å²) in [7, 11) is -5.31. The van der Waals surface area contributed by atoms with Gasteiger partial charge in [0.2, 0.25) is 5.09 Å². The molecule has 2 N–H and O–H groups in total. The van der Waals surface area contributed by atoms with Crippen molar-refractivity contribution in [2.24, 2.45) is 5.92 Å². The molecule has 0 spiro atoms. The van der Waals surface area contributed by atoms with Crippen LogP contribution in [0.25, 0.3) is 0 Å². The van der Waals surface area contributed by atoms with E-state index in [0.717, 1.165) is 18.9 Å². The third kappa shape index (κ3) is 5.64. The Bertz CT molecular complexity index is 1130. The standard InChI is InChI=1S/C20H25N2O7PS/c1-28-15-9-13(10-15)12-21-20(24)17-7-8-18(29-17)31(26,27)22-19(23)14-5-4-6-16(11-14)30(2,3)25/h4-8,11,13,15H,9-10,12H2,1-3H3,(H,21,24)(H,22,23). The van der Waals surface area contributed by atoms with Crippen molar-refractivity contribution in [1.29, 1.82) is 0 Å². The van der Waals surface area contributed by atoms with Crippen molar-refractivity contribution >= 4 is 34.3 Å². The molecule has 0 saturated heterocycles. The summed E-state index contributed by atoms with van der Waals surface area (Å²) in [6.07, 6.45) is 1.92. The van der Waals surface area contributed by atoms with Gasteiger partial charge in [-0.2, -0.15) is 8.42 Å². The molecule has 0 bridgehead atoms. The van der Waals surface area contributed by atoms with Gasteiger partial charge in [-0.05, 0) is 56.4 Å². The molecule has 0 atom stereocenters. The van der Waals surface area contributed by atoms with E-state index >= 15 is 0 Å². The highest BCUT2D eigenvalue weighted by molar-refractivity contribution is 7.90. The first-order valence-electron chi connectivity index (χ1n) is 9.63. The minimum absolute atomic E-state index is 0.0457. The molecule has 168 valence electrons. The van der Waals surface area contributed by atoms with Crippen LogP contribution >= 0.6 is 7.14 Å². The fourth-order valence-electron chi connectivity index (χ4n) is 3.16. The first-order chi connectivity index (χ1) is 14.5. The quantitative estimate of drug-likeness (QED) is 0.565. The molecular weight excluding hydrogens is 443 g/mol. The van der Waals surface area contributed by atoms with Gasteiger partial charge in [0, 0.05) is 24.5 Å².